The first-order chi connectivity index (χ1) is 12.4. The number of hydrogen-bond acceptors (Lipinski definition) is 4. The number of nitrogens with one attached hydrogen (secondary N) is 2. The van der Waals surface area contributed by atoms with Gasteiger partial charge in [0.05, 0.1) is 4.90 Å². The standard InChI is InChI=1S/C19H23N3O3S/c1-13-5-9-16(10-6-13)22-26(24,25)17-4-2-3-15(11-17)19(23)21-18(12-20)14-7-8-14/h2-6,9-11,14,18,22H,7-8,12,20H2,1H3,(H,21,23). The van der Waals surface area contributed by atoms with Gasteiger partial charge in [0.15, 0.2) is 0 Å². The fraction of sp³-hybridized carbons (Fsp3) is 0.316. The van der Waals surface area contributed by atoms with Crippen molar-refractivity contribution in [1.82, 2.24) is 5.32 Å². The van der Waals surface area contributed by atoms with Crippen molar-refractivity contribution in [2.45, 2.75) is 30.7 Å². The number of amides is 1. The SMILES string of the molecule is Cc1ccc(NS(=O)(=O)c2cccc(C(=O)NC(CN)C3CC3)c2)cc1. The predicted octanol–water partition coefficient (Wildman–Crippen LogP) is 2.26. The summed E-state index contributed by atoms with van der Waals surface area (Å²) in [5.41, 5.74) is 7.53. The minimum atomic E-state index is -3.77. The normalized spacial score (nSPS) is 15.3. The number of hydrogen-bond donors (Lipinski definition) is 3. The van der Waals surface area contributed by atoms with Crippen molar-refractivity contribution in [3.63, 3.8) is 0 Å². The van der Waals surface area contributed by atoms with Crippen LogP contribution in [-0.2, 0) is 10.0 Å². The molecule has 1 aliphatic rings. The third kappa shape index (κ3) is 4.42. The Morgan fingerprint density at radius 3 is 2.50 bits per heavy atom. The van der Waals surface area contributed by atoms with Gasteiger partial charge in [0, 0.05) is 23.8 Å². The highest BCUT2D eigenvalue weighted by Crippen LogP contribution is 2.32. The maximum Gasteiger partial charge on any atom is 0.261 e. The molecule has 1 atom stereocenters. The third-order valence-corrected chi connectivity index (χ3v) is 5.85. The highest BCUT2D eigenvalue weighted by Gasteiger charge is 2.31. The molecule has 4 N–H and O–H groups in total. The molecule has 0 bridgehead atoms. The first-order valence-electron chi connectivity index (χ1n) is 8.59. The second-order valence-electron chi connectivity index (χ2n) is 6.65. The Morgan fingerprint density at radius 2 is 1.88 bits per heavy atom. The van der Waals surface area contributed by atoms with E-state index in [1.807, 2.05) is 19.1 Å². The van der Waals surface area contributed by atoms with Gasteiger partial charge >= 0.3 is 0 Å². The zero-order valence-electron chi connectivity index (χ0n) is 14.6. The van der Waals surface area contributed by atoms with Gasteiger partial charge < -0.3 is 11.1 Å². The summed E-state index contributed by atoms with van der Waals surface area (Å²) in [6.07, 6.45) is 2.13. The maximum absolute atomic E-state index is 12.6. The quantitative estimate of drug-likeness (QED) is 0.693. The number of rotatable bonds is 7. The Kier molecular flexibility index (Phi) is 5.29. The Bertz CT molecular complexity index is 891. The maximum atomic E-state index is 12.6. The fourth-order valence-electron chi connectivity index (χ4n) is 2.76. The van der Waals surface area contributed by atoms with Gasteiger partial charge in [0.25, 0.3) is 15.9 Å². The number of nitrogens with two attached hydrogens (primary N) is 1. The second-order valence-corrected chi connectivity index (χ2v) is 8.33. The summed E-state index contributed by atoms with van der Waals surface area (Å²) in [4.78, 5) is 12.5. The summed E-state index contributed by atoms with van der Waals surface area (Å²) < 4.78 is 27.7. The van der Waals surface area contributed by atoms with Crippen LogP contribution in [0.2, 0.25) is 0 Å². The number of carbonyl (C=O) groups is 1. The summed E-state index contributed by atoms with van der Waals surface area (Å²) in [6.45, 7) is 2.31. The molecule has 2 aromatic rings. The van der Waals surface area contributed by atoms with E-state index in [2.05, 4.69) is 10.0 Å². The van der Waals surface area contributed by atoms with Crippen LogP contribution in [0.4, 0.5) is 5.69 Å². The fourth-order valence-corrected chi connectivity index (χ4v) is 3.86. The zero-order chi connectivity index (χ0) is 18.7. The molecule has 26 heavy (non-hydrogen) atoms. The first-order valence-corrected chi connectivity index (χ1v) is 10.1. The second kappa shape index (κ2) is 7.47. The molecule has 138 valence electrons. The lowest BCUT2D eigenvalue weighted by atomic mass is 10.1. The number of carbonyl (C=O) groups excluding carboxylic acids is 1. The van der Waals surface area contributed by atoms with E-state index < -0.39 is 10.0 Å². The zero-order valence-corrected chi connectivity index (χ0v) is 15.4. The largest absolute Gasteiger partial charge is 0.348 e. The smallest absolute Gasteiger partial charge is 0.261 e. The van der Waals surface area contributed by atoms with E-state index in [0.717, 1.165) is 18.4 Å². The van der Waals surface area contributed by atoms with Gasteiger partial charge in [-0.3, -0.25) is 9.52 Å². The average molecular weight is 373 g/mol. The Morgan fingerprint density at radius 1 is 1.19 bits per heavy atom. The van der Waals surface area contributed by atoms with Crippen LogP contribution >= 0.6 is 0 Å². The van der Waals surface area contributed by atoms with E-state index in [-0.39, 0.29) is 16.8 Å². The van der Waals surface area contributed by atoms with E-state index in [9.17, 15) is 13.2 Å². The van der Waals surface area contributed by atoms with E-state index in [0.29, 0.717) is 23.7 Å². The molecule has 7 heteroatoms. The number of anilines is 1. The minimum absolute atomic E-state index is 0.0430. The minimum Gasteiger partial charge on any atom is -0.348 e. The molecule has 0 heterocycles. The topological polar surface area (TPSA) is 101 Å². The molecule has 1 amide bonds. The van der Waals surface area contributed by atoms with Gasteiger partial charge in [-0.25, -0.2) is 8.42 Å². The van der Waals surface area contributed by atoms with Crippen molar-refractivity contribution in [3.05, 3.63) is 59.7 Å². The van der Waals surface area contributed by atoms with Crippen LogP contribution in [-0.4, -0.2) is 26.9 Å². The van der Waals surface area contributed by atoms with E-state index in [4.69, 9.17) is 5.73 Å². The summed E-state index contributed by atoms with van der Waals surface area (Å²) in [5, 5.41) is 2.90. The molecular weight excluding hydrogens is 350 g/mol. The molecule has 1 unspecified atom stereocenters. The van der Waals surface area contributed by atoms with Crippen molar-refractivity contribution in [1.29, 1.82) is 0 Å². The number of aryl methyl sites for hydroxylation is 1. The van der Waals surface area contributed by atoms with Crippen molar-refractivity contribution >= 4 is 21.6 Å². The highest BCUT2D eigenvalue weighted by atomic mass is 32.2. The van der Waals surface area contributed by atoms with E-state index in [1.54, 1.807) is 24.3 Å². The number of benzene rings is 2. The Balaban J connectivity index is 1.76. The molecule has 1 aliphatic carbocycles. The molecule has 0 radical (unpaired) electrons. The van der Waals surface area contributed by atoms with Gasteiger partial charge in [-0.2, -0.15) is 0 Å². The van der Waals surface area contributed by atoms with Gasteiger partial charge in [-0.15, -0.1) is 0 Å². The van der Waals surface area contributed by atoms with Gasteiger partial charge in [-0.1, -0.05) is 23.8 Å². The lowest BCUT2D eigenvalue weighted by Gasteiger charge is -2.16. The van der Waals surface area contributed by atoms with Crippen molar-refractivity contribution < 1.29 is 13.2 Å². The van der Waals surface area contributed by atoms with Crippen LogP contribution in [0.25, 0.3) is 0 Å². The Labute approximate surface area is 153 Å². The van der Waals surface area contributed by atoms with Crippen LogP contribution in [0.5, 0.6) is 0 Å². The monoisotopic (exact) mass is 373 g/mol. The third-order valence-electron chi connectivity index (χ3n) is 4.47. The lowest BCUT2D eigenvalue weighted by molar-refractivity contribution is 0.0933. The first kappa shape index (κ1) is 18.4. The summed E-state index contributed by atoms with van der Waals surface area (Å²) >= 11 is 0. The van der Waals surface area contributed by atoms with Gasteiger partial charge in [-0.05, 0) is 56.0 Å². The number of sulfonamides is 1. The van der Waals surface area contributed by atoms with Crippen molar-refractivity contribution in [2.75, 3.05) is 11.3 Å². The lowest BCUT2D eigenvalue weighted by Crippen LogP contribution is -2.41. The molecule has 6 nitrogen and oxygen atoms in total. The van der Waals surface area contributed by atoms with Gasteiger partial charge in [0.1, 0.15) is 0 Å². The molecule has 0 aliphatic heterocycles. The molecule has 0 aromatic heterocycles. The molecule has 0 saturated heterocycles. The van der Waals surface area contributed by atoms with Crippen molar-refractivity contribution in [3.8, 4) is 0 Å². The summed E-state index contributed by atoms with van der Waals surface area (Å²) in [7, 11) is -3.77. The van der Waals surface area contributed by atoms with Crippen LogP contribution in [0.1, 0.15) is 28.8 Å². The molecule has 3 rings (SSSR count). The molecule has 1 fully saturated rings. The predicted molar refractivity (Wildman–Crippen MR) is 101 cm³/mol. The van der Waals surface area contributed by atoms with E-state index in [1.165, 1.54) is 12.1 Å². The molecule has 1 saturated carbocycles. The summed E-state index contributed by atoms with van der Waals surface area (Å²) in [5.74, 6) is 0.124. The van der Waals surface area contributed by atoms with Crippen LogP contribution in [0.3, 0.4) is 0 Å². The molecular formula is C19H23N3O3S. The summed E-state index contributed by atoms with van der Waals surface area (Å²) in [6, 6.07) is 13.0. The average Bonchev–Trinajstić information content (AvgIpc) is 3.46. The van der Waals surface area contributed by atoms with Crippen LogP contribution in [0.15, 0.2) is 53.4 Å². The van der Waals surface area contributed by atoms with Crippen molar-refractivity contribution in [2.24, 2.45) is 11.7 Å². The van der Waals surface area contributed by atoms with Gasteiger partial charge in [0.2, 0.25) is 0 Å². The highest BCUT2D eigenvalue weighted by molar-refractivity contribution is 7.92. The molecule has 2 aromatic carbocycles. The van der Waals surface area contributed by atoms with E-state index >= 15 is 0 Å². The van der Waals surface area contributed by atoms with Crippen LogP contribution < -0.4 is 15.8 Å². The Hall–Kier alpha value is -2.38. The van der Waals surface area contributed by atoms with Crippen LogP contribution in [0, 0.1) is 12.8 Å². The molecule has 0 spiro atoms.